The van der Waals surface area contributed by atoms with Crippen molar-refractivity contribution in [3.05, 3.63) is 18.0 Å². The molecule has 0 saturated carbocycles. The Morgan fingerprint density at radius 1 is 1.32 bits per heavy atom. The lowest BCUT2D eigenvalue weighted by molar-refractivity contribution is -0.121. The van der Waals surface area contributed by atoms with E-state index in [2.05, 4.69) is 24.1 Å². The summed E-state index contributed by atoms with van der Waals surface area (Å²) in [6, 6.07) is 3.78. The standard InChI is InChI=1S/C16H21N3O3/c1-10(2)8-17-16(20)9-19-11(3)18-12-6-14-15(7-13(12)19)22-5-4-21-14/h6-7,10H,4-5,8-9H2,1-3H3,(H,17,20). The molecule has 0 spiro atoms. The minimum absolute atomic E-state index is 0.00834. The highest BCUT2D eigenvalue weighted by Gasteiger charge is 2.18. The molecule has 0 saturated heterocycles. The molecule has 0 radical (unpaired) electrons. The molecule has 1 aromatic carbocycles. The monoisotopic (exact) mass is 303 g/mol. The maximum atomic E-state index is 12.1. The van der Waals surface area contributed by atoms with Crippen molar-refractivity contribution in [1.82, 2.24) is 14.9 Å². The third-order valence-electron chi connectivity index (χ3n) is 3.61. The minimum Gasteiger partial charge on any atom is -0.486 e. The number of benzene rings is 1. The molecule has 0 fully saturated rings. The molecular formula is C16H21N3O3. The van der Waals surface area contributed by atoms with Gasteiger partial charge in [-0.15, -0.1) is 0 Å². The number of ether oxygens (including phenoxy) is 2. The fourth-order valence-corrected chi connectivity index (χ4v) is 2.50. The molecule has 1 N–H and O–H groups in total. The van der Waals surface area contributed by atoms with E-state index >= 15 is 0 Å². The Morgan fingerprint density at radius 2 is 2.00 bits per heavy atom. The Hall–Kier alpha value is -2.24. The van der Waals surface area contributed by atoms with E-state index in [0.29, 0.717) is 37.2 Å². The topological polar surface area (TPSA) is 65.4 Å². The van der Waals surface area contributed by atoms with Gasteiger partial charge in [0.05, 0.1) is 11.0 Å². The summed E-state index contributed by atoms with van der Waals surface area (Å²) in [6.07, 6.45) is 0. The number of aromatic nitrogens is 2. The lowest BCUT2D eigenvalue weighted by atomic mass is 10.2. The van der Waals surface area contributed by atoms with Gasteiger partial charge >= 0.3 is 0 Å². The van der Waals surface area contributed by atoms with Crippen LogP contribution in [0.5, 0.6) is 11.5 Å². The summed E-state index contributed by atoms with van der Waals surface area (Å²) in [4.78, 5) is 16.6. The third-order valence-corrected chi connectivity index (χ3v) is 3.61. The van der Waals surface area contributed by atoms with Crippen LogP contribution >= 0.6 is 0 Å². The maximum Gasteiger partial charge on any atom is 0.240 e. The van der Waals surface area contributed by atoms with Gasteiger partial charge in [-0.1, -0.05) is 13.8 Å². The quantitative estimate of drug-likeness (QED) is 0.936. The number of amides is 1. The number of carbonyl (C=O) groups excluding carboxylic acids is 1. The Balaban J connectivity index is 1.89. The highest BCUT2D eigenvalue weighted by Crippen LogP contribution is 2.34. The average molecular weight is 303 g/mol. The zero-order valence-electron chi connectivity index (χ0n) is 13.2. The predicted octanol–water partition coefficient (Wildman–Crippen LogP) is 1.89. The molecular weight excluding hydrogens is 282 g/mol. The summed E-state index contributed by atoms with van der Waals surface area (Å²) in [7, 11) is 0. The first-order valence-electron chi connectivity index (χ1n) is 7.58. The van der Waals surface area contributed by atoms with E-state index in [9.17, 15) is 4.79 Å². The van der Waals surface area contributed by atoms with Gasteiger partial charge in [0.2, 0.25) is 5.91 Å². The minimum atomic E-state index is -0.00834. The van der Waals surface area contributed by atoms with E-state index in [1.165, 1.54) is 0 Å². The van der Waals surface area contributed by atoms with Crippen molar-refractivity contribution in [3.8, 4) is 11.5 Å². The molecule has 3 rings (SSSR count). The van der Waals surface area contributed by atoms with Crippen LogP contribution in [0, 0.1) is 12.8 Å². The highest BCUT2D eigenvalue weighted by atomic mass is 16.6. The summed E-state index contributed by atoms with van der Waals surface area (Å²) in [5.74, 6) is 2.65. The van der Waals surface area contributed by atoms with E-state index in [1.807, 2.05) is 23.6 Å². The van der Waals surface area contributed by atoms with Crippen LogP contribution in [0.4, 0.5) is 0 Å². The lowest BCUT2D eigenvalue weighted by Gasteiger charge is -2.18. The second-order valence-electron chi connectivity index (χ2n) is 5.93. The molecule has 118 valence electrons. The van der Waals surface area contributed by atoms with Crippen molar-refractivity contribution in [2.45, 2.75) is 27.3 Å². The molecule has 2 heterocycles. The smallest absolute Gasteiger partial charge is 0.240 e. The summed E-state index contributed by atoms with van der Waals surface area (Å²) < 4.78 is 13.1. The van der Waals surface area contributed by atoms with Crippen LogP contribution in [0.15, 0.2) is 12.1 Å². The van der Waals surface area contributed by atoms with Crippen LogP contribution in [0.3, 0.4) is 0 Å². The molecule has 0 bridgehead atoms. The zero-order valence-corrected chi connectivity index (χ0v) is 13.2. The number of hydrogen-bond acceptors (Lipinski definition) is 4. The maximum absolute atomic E-state index is 12.1. The molecule has 6 nitrogen and oxygen atoms in total. The Labute approximate surface area is 129 Å². The molecule has 6 heteroatoms. The van der Waals surface area contributed by atoms with Gasteiger partial charge in [0.15, 0.2) is 11.5 Å². The fourth-order valence-electron chi connectivity index (χ4n) is 2.50. The van der Waals surface area contributed by atoms with Gasteiger partial charge in [0.25, 0.3) is 0 Å². The van der Waals surface area contributed by atoms with E-state index in [0.717, 1.165) is 16.9 Å². The molecule has 22 heavy (non-hydrogen) atoms. The Morgan fingerprint density at radius 3 is 2.68 bits per heavy atom. The van der Waals surface area contributed by atoms with Crippen LogP contribution in [0.1, 0.15) is 19.7 Å². The molecule has 1 aliphatic heterocycles. The second kappa shape index (κ2) is 5.87. The first kappa shape index (κ1) is 14.7. The van der Waals surface area contributed by atoms with Crippen LogP contribution in [0.25, 0.3) is 11.0 Å². The summed E-state index contributed by atoms with van der Waals surface area (Å²) in [6.45, 7) is 8.07. The summed E-state index contributed by atoms with van der Waals surface area (Å²) >= 11 is 0. The number of fused-ring (bicyclic) bond motifs is 2. The average Bonchev–Trinajstić information content (AvgIpc) is 2.78. The molecule has 1 aromatic heterocycles. The normalized spacial score (nSPS) is 13.6. The predicted molar refractivity (Wildman–Crippen MR) is 83.3 cm³/mol. The summed E-state index contributed by atoms with van der Waals surface area (Å²) in [5, 5.41) is 2.93. The van der Waals surface area contributed by atoms with Gasteiger partial charge in [-0.3, -0.25) is 4.79 Å². The number of hydrogen-bond donors (Lipinski definition) is 1. The number of rotatable bonds is 4. The fraction of sp³-hybridized carbons (Fsp3) is 0.500. The van der Waals surface area contributed by atoms with Gasteiger partial charge in [-0.2, -0.15) is 0 Å². The van der Waals surface area contributed by atoms with Crippen molar-refractivity contribution < 1.29 is 14.3 Å². The molecule has 0 unspecified atom stereocenters. The summed E-state index contributed by atoms with van der Waals surface area (Å²) in [5.41, 5.74) is 1.71. The van der Waals surface area contributed by atoms with E-state index in [-0.39, 0.29) is 12.5 Å². The Bertz CT molecular complexity index is 706. The number of carbonyl (C=O) groups is 1. The first-order valence-corrected chi connectivity index (χ1v) is 7.58. The van der Waals surface area contributed by atoms with Crippen molar-refractivity contribution in [3.63, 3.8) is 0 Å². The molecule has 0 atom stereocenters. The van der Waals surface area contributed by atoms with Crippen LogP contribution in [-0.4, -0.2) is 35.2 Å². The Kier molecular flexibility index (Phi) is 3.92. The molecule has 1 amide bonds. The number of aryl methyl sites for hydroxylation is 1. The largest absolute Gasteiger partial charge is 0.486 e. The third kappa shape index (κ3) is 2.86. The van der Waals surface area contributed by atoms with Crippen LogP contribution in [-0.2, 0) is 11.3 Å². The SMILES string of the molecule is Cc1nc2cc3c(cc2n1CC(=O)NCC(C)C)OCCO3. The van der Waals surface area contributed by atoms with E-state index < -0.39 is 0 Å². The van der Waals surface area contributed by atoms with Crippen molar-refractivity contribution in [2.24, 2.45) is 5.92 Å². The number of nitrogens with zero attached hydrogens (tertiary/aromatic N) is 2. The van der Waals surface area contributed by atoms with Crippen molar-refractivity contribution in [1.29, 1.82) is 0 Å². The van der Waals surface area contributed by atoms with Crippen molar-refractivity contribution >= 4 is 16.9 Å². The van der Waals surface area contributed by atoms with Gasteiger partial charge in [-0.25, -0.2) is 4.98 Å². The van der Waals surface area contributed by atoms with Gasteiger partial charge in [0, 0.05) is 18.7 Å². The molecule has 0 aliphatic carbocycles. The first-order chi connectivity index (χ1) is 10.5. The molecule has 2 aromatic rings. The van der Waals surface area contributed by atoms with E-state index in [1.54, 1.807) is 0 Å². The van der Waals surface area contributed by atoms with E-state index in [4.69, 9.17) is 9.47 Å². The van der Waals surface area contributed by atoms with Gasteiger partial charge in [-0.05, 0) is 12.8 Å². The molecule has 1 aliphatic rings. The van der Waals surface area contributed by atoms with Crippen molar-refractivity contribution in [2.75, 3.05) is 19.8 Å². The second-order valence-corrected chi connectivity index (χ2v) is 5.93. The zero-order chi connectivity index (χ0) is 15.7. The lowest BCUT2D eigenvalue weighted by Crippen LogP contribution is -2.30. The highest BCUT2D eigenvalue weighted by molar-refractivity contribution is 5.83. The van der Waals surface area contributed by atoms with Crippen LogP contribution < -0.4 is 14.8 Å². The van der Waals surface area contributed by atoms with Gasteiger partial charge < -0.3 is 19.4 Å². The van der Waals surface area contributed by atoms with Crippen LogP contribution in [0.2, 0.25) is 0 Å². The van der Waals surface area contributed by atoms with Gasteiger partial charge in [0.1, 0.15) is 25.6 Å². The number of imidazole rings is 1. The number of nitrogens with one attached hydrogen (secondary N) is 1.